The number of imidazole rings is 1. The van der Waals surface area contributed by atoms with E-state index < -0.39 is 0 Å². The van der Waals surface area contributed by atoms with E-state index in [1.54, 1.807) is 23.7 Å². The SMILES string of the molecule is Cc1nc(CN)sc1-c1nc2cnccc2n1C(C)C. The van der Waals surface area contributed by atoms with Gasteiger partial charge in [-0.25, -0.2) is 9.97 Å². The fourth-order valence-electron chi connectivity index (χ4n) is 2.38. The second kappa shape index (κ2) is 4.96. The van der Waals surface area contributed by atoms with E-state index in [0.717, 1.165) is 32.4 Å². The van der Waals surface area contributed by atoms with E-state index in [-0.39, 0.29) is 0 Å². The summed E-state index contributed by atoms with van der Waals surface area (Å²) < 4.78 is 2.23. The molecule has 0 aliphatic carbocycles. The molecule has 6 heteroatoms. The fourth-order valence-corrected chi connectivity index (χ4v) is 3.31. The molecule has 2 N–H and O–H groups in total. The monoisotopic (exact) mass is 287 g/mol. The molecule has 0 saturated carbocycles. The van der Waals surface area contributed by atoms with Crippen LogP contribution in [-0.2, 0) is 6.54 Å². The second-order valence-electron chi connectivity index (χ2n) is 4.99. The molecular weight excluding hydrogens is 270 g/mol. The number of aromatic nitrogens is 4. The summed E-state index contributed by atoms with van der Waals surface area (Å²) in [6, 6.07) is 2.33. The number of aryl methyl sites for hydroxylation is 1. The normalized spacial score (nSPS) is 11.7. The van der Waals surface area contributed by atoms with Gasteiger partial charge >= 0.3 is 0 Å². The smallest absolute Gasteiger partial charge is 0.153 e. The summed E-state index contributed by atoms with van der Waals surface area (Å²) in [6.07, 6.45) is 3.61. The maximum atomic E-state index is 5.69. The largest absolute Gasteiger partial charge is 0.325 e. The zero-order valence-corrected chi connectivity index (χ0v) is 12.6. The number of fused-ring (bicyclic) bond motifs is 1. The highest BCUT2D eigenvalue weighted by molar-refractivity contribution is 7.15. The highest BCUT2D eigenvalue weighted by Crippen LogP contribution is 2.33. The average molecular weight is 287 g/mol. The van der Waals surface area contributed by atoms with Gasteiger partial charge in [0.2, 0.25) is 0 Å². The number of hydrogen-bond acceptors (Lipinski definition) is 5. The van der Waals surface area contributed by atoms with E-state index in [1.807, 2.05) is 13.0 Å². The molecule has 3 aromatic heterocycles. The molecule has 0 bridgehead atoms. The Hall–Kier alpha value is -1.79. The van der Waals surface area contributed by atoms with Crippen LogP contribution < -0.4 is 5.73 Å². The van der Waals surface area contributed by atoms with Crippen LogP contribution in [0.25, 0.3) is 21.7 Å². The summed E-state index contributed by atoms with van der Waals surface area (Å²) in [5.74, 6) is 0.956. The van der Waals surface area contributed by atoms with Crippen LogP contribution in [0.3, 0.4) is 0 Å². The molecule has 0 radical (unpaired) electrons. The zero-order chi connectivity index (χ0) is 14.3. The Bertz CT molecular complexity index is 756. The number of thiazole rings is 1. The van der Waals surface area contributed by atoms with Crippen molar-refractivity contribution in [1.82, 2.24) is 19.5 Å². The minimum atomic E-state index is 0.320. The van der Waals surface area contributed by atoms with E-state index in [9.17, 15) is 0 Å². The summed E-state index contributed by atoms with van der Waals surface area (Å²) in [6.45, 7) is 6.79. The lowest BCUT2D eigenvalue weighted by Crippen LogP contribution is -2.02. The van der Waals surface area contributed by atoms with Crippen LogP contribution in [0.4, 0.5) is 0 Å². The van der Waals surface area contributed by atoms with Crippen molar-refractivity contribution in [2.75, 3.05) is 0 Å². The predicted octanol–water partition coefficient (Wildman–Crippen LogP) is 2.90. The molecule has 0 aliphatic heterocycles. The van der Waals surface area contributed by atoms with Gasteiger partial charge in [-0.3, -0.25) is 4.98 Å². The maximum absolute atomic E-state index is 5.69. The first-order chi connectivity index (χ1) is 9.61. The first kappa shape index (κ1) is 13.2. The van der Waals surface area contributed by atoms with Crippen molar-refractivity contribution in [2.24, 2.45) is 5.73 Å². The third-order valence-corrected chi connectivity index (χ3v) is 4.40. The Balaban J connectivity index is 2.29. The number of nitrogens with two attached hydrogens (primary N) is 1. The highest BCUT2D eigenvalue weighted by Gasteiger charge is 2.19. The number of hydrogen-bond donors (Lipinski definition) is 1. The van der Waals surface area contributed by atoms with Gasteiger partial charge in [0, 0.05) is 18.8 Å². The van der Waals surface area contributed by atoms with Crippen LogP contribution in [0.2, 0.25) is 0 Å². The minimum absolute atomic E-state index is 0.320. The van der Waals surface area contributed by atoms with Gasteiger partial charge in [-0.2, -0.15) is 0 Å². The van der Waals surface area contributed by atoms with E-state index in [0.29, 0.717) is 12.6 Å². The second-order valence-corrected chi connectivity index (χ2v) is 6.07. The van der Waals surface area contributed by atoms with Crippen LogP contribution in [0.5, 0.6) is 0 Å². The van der Waals surface area contributed by atoms with Gasteiger partial charge in [0.25, 0.3) is 0 Å². The highest BCUT2D eigenvalue weighted by atomic mass is 32.1. The van der Waals surface area contributed by atoms with Crippen molar-refractivity contribution in [3.63, 3.8) is 0 Å². The van der Waals surface area contributed by atoms with Crippen LogP contribution in [0.1, 0.15) is 30.6 Å². The van der Waals surface area contributed by atoms with Crippen LogP contribution in [-0.4, -0.2) is 19.5 Å². The van der Waals surface area contributed by atoms with Crippen molar-refractivity contribution in [1.29, 1.82) is 0 Å². The van der Waals surface area contributed by atoms with E-state index in [2.05, 4.69) is 28.4 Å². The molecule has 3 aromatic rings. The molecule has 0 saturated heterocycles. The molecule has 3 heterocycles. The van der Waals surface area contributed by atoms with Gasteiger partial charge in [-0.05, 0) is 26.8 Å². The third-order valence-electron chi connectivity index (χ3n) is 3.23. The molecule has 0 unspecified atom stereocenters. The molecule has 20 heavy (non-hydrogen) atoms. The van der Waals surface area contributed by atoms with Crippen LogP contribution >= 0.6 is 11.3 Å². The molecule has 0 spiro atoms. The van der Waals surface area contributed by atoms with Crippen molar-refractivity contribution in [3.8, 4) is 10.7 Å². The minimum Gasteiger partial charge on any atom is -0.325 e. The number of pyridine rings is 1. The Labute approximate surface area is 121 Å². The molecule has 0 fully saturated rings. The topological polar surface area (TPSA) is 69.6 Å². The third kappa shape index (κ3) is 2.01. The van der Waals surface area contributed by atoms with E-state index >= 15 is 0 Å². The molecule has 104 valence electrons. The average Bonchev–Trinajstić information content (AvgIpc) is 2.98. The molecule has 0 atom stereocenters. The summed E-state index contributed by atoms with van der Waals surface area (Å²) in [4.78, 5) is 14.5. The van der Waals surface area contributed by atoms with Gasteiger partial charge in [-0.1, -0.05) is 0 Å². The van der Waals surface area contributed by atoms with Crippen LogP contribution in [0, 0.1) is 6.92 Å². The zero-order valence-electron chi connectivity index (χ0n) is 11.8. The first-order valence-electron chi connectivity index (χ1n) is 6.60. The lowest BCUT2D eigenvalue weighted by atomic mass is 10.3. The van der Waals surface area contributed by atoms with Crippen LogP contribution in [0.15, 0.2) is 18.5 Å². The van der Waals surface area contributed by atoms with Crippen molar-refractivity contribution >= 4 is 22.4 Å². The van der Waals surface area contributed by atoms with Crippen molar-refractivity contribution in [2.45, 2.75) is 33.4 Å². The van der Waals surface area contributed by atoms with Gasteiger partial charge in [-0.15, -0.1) is 11.3 Å². The summed E-state index contributed by atoms with van der Waals surface area (Å²) in [5.41, 5.74) is 8.70. The summed E-state index contributed by atoms with van der Waals surface area (Å²) >= 11 is 1.62. The van der Waals surface area contributed by atoms with Crippen molar-refractivity contribution < 1.29 is 0 Å². The lowest BCUT2D eigenvalue weighted by molar-refractivity contribution is 0.625. The van der Waals surface area contributed by atoms with E-state index in [1.165, 1.54) is 0 Å². The molecule has 3 rings (SSSR count). The molecule has 0 aliphatic rings. The predicted molar refractivity (Wildman–Crippen MR) is 81.6 cm³/mol. The van der Waals surface area contributed by atoms with Gasteiger partial charge in [0.1, 0.15) is 10.5 Å². The Morgan fingerprint density at radius 1 is 1.35 bits per heavy atom. The Morgan fingerprint density at radius 2 is 2.15 bits per heavy atom. The molecule has 0 amide bonds. The molecular formula is C14H17N5S. The standard InChI is InChI=1S/C14H17N5S/c1-8(2)19-11-4-5-16-7-10(11)18-14(19)13-9(3)17-12(6-15)20-13/h4-5,7-8H,6,15H2,1-3H3. The Morgan fingerprint density at radius 3 is 2.80 bits per heavy atom. The quantitative estimate of drug-likeness (QED) is 0.804. The number of nitrogens with zero attached hydrogens (tertiary/aromatic N) is 4. The van der Waals surface area contributed by atoms with E-state index in [4.69, 9.17) is 10.7 Å². The fraction of sp³-hybridized carbons (Fsp3) is 0.357. The molecule has 5 nitrogen and oxygen atoms in total. The van der Waals surface area contributed by atoms with Gasteiger partial charge < -0.3 is 10.3 Å². The maximum Gasteiger partial charge on any atom is 0.153 e. The summed E-state index contributed by atoms with van der Waals surface area (Å²) in [7, 11) is 0. The molecule has 0 aromatic carbocycles. The number of rotatable bonds is 3. The van der Waals surface area contributed by atoms with Gasteiger partial charge in [0.05, 0.1) is 22.3 Å². The van der Waals surface area contributed by atoms with Crippen molar-refractivity contribution in [3.05, 3.63) is 29.2 Å². The summed E-state index contributed by atoms with van der Waals surface area (Å²) in [5, 5.41) is 0.943. The first-order valence-corrected chi connectivity index (χ1v) is 7.42. The lowest BCUT2D eigenvalue weighted by Gasteiger charge is -2.12. The van der Waals surface area contributed by atoms with Gasteiger partial charge in [0.15, 0.2) is 5.82 Å². The Kier molecular flexibility index (Phi) is 3.27.